The number of benzene rings is 1. The Morgan fingerprint density at radius 1 is 1.15 bits per heavy atom. The number of hydrogen-bond donors (Lipinski definition) is 1. The average Bonchev–Trinajstić information content (AvgIpc) is 3.17. The molecule has 1 aliphatic carbocycles. The first-order valence-electron chi connectivity index (χ1n) is 6.23. The van der Waals surface area contributed by atoms with E-state index in [4.69, 9.17) is 0 Å². The van der Waals surface area contributed by atoms with E-state index in [9.17, 15) is 18.3 Å². The van der Waals surface area contributed by atoms with Crippen molar-refractivity contribution in [2.45, 2.75) is 31.7 Å². The Kier molecular flexibility index (Phi) is 3.01. The largest absolute Gasteiger partial charge is 0.416 e. The van der Waals surface area contributed by atoms with Gasteiger partial charge in [-0.2, -0.15) is 13.2 Å². The number of aliphatic hydroxyl groups is 1. The van der Waals surface area contributed by atoms with Crippen molar-refractivity contribution >= 4 is 0 Å². The van der Waals surface area contributed by atoms with E-state index >= 15 is 0 Å². The van der Waals surface area contributed by atoms with Crippen molar-refractivity contribution in [3.63, 3.8) is 0 Å². The number of aromatic nitrogens is 3. The summed E-state index contributed by atoms with van der Waals surface area (Å²) in [7, 11) is 0. The van der Waals surface area contributed by atoms with Crippen LogP contribution in [0.1, 0.15) is 30.3 Å². The summed E-state index contributed by atoms with van der Waals surface area (Å²) < 4.78 is 39.4. The minimum atomic E-state index is -4.35. The summed E-state index contributed by atoms with van der Waals surface area (Å²) in [6.45, 7) is -0.232. The van der Waals surface area contributed by atoms with Crippen molar-refractivity contribution in [1.29, 1.82) is 0 Å². The van der Waals surface area contributed by atoms with Crippen molar-refractivity contribution < 1.29 is 18.3 Å². The van der Waals surface area contributed by atoms with Crippen molar-refractivity contribution in [2.75, 3.05) is 0 Å². The Hall–Kier alpha value is -1.89. The van der Waals surface area contributed by atoms with Crippen molar-refractivity contribution in [3.8, 4) is 11.4 Å². The molecule has 2 aromatic rings. The molecule has 0 aliphatic heterocycles. The average molecular weight is 283 g/mol. The third-order valence-electron chi connectivity index (χ3n) is 3.29. The highest BCUT2D eigenvalue weighted by Gasteiger charge is 2.32. The highest BCUT2D eigenvalue weighted by atomic mass is 19.4. The van der Waals surface area contributed by atoms with Crippen LogP contribution in [-0.2, 0) is 12.8 Å². The summed E-state index contributed by atoms with van der Waals surface area (Å²) in [4.78, 5) is 0. The molecular formula is C13H12F3N3O. The Morgan fingerprint density at radius 3 is 2.30 bits per heavy atom. The van der Waals surface area contributed by atoms with Crippen LogP contribution in [0.25, 0.3) is 11.4 Å². The highest BCUT2D eigenvalue weighted by molar-refractivity contribution is 5.56. The van der Waals surface area contributed by atoms with Gasteiger partial charge < -0.3 is 9.67 Å². The van der Waals surface area contributed by atoms with E-state index in [2.05, 4.69) is 10.2 Å². The molecule has 0 bridgehead atoms. The summed E-state index contributed by atoms with van der Waals surface area (Å²) in [5, 5.41) is 17.1. The molecule has 20 heavy (non-hydrogen) atoms. The second-order valence-electron chi connectivity index (χ2n) is 4.77. The summed E-state index contributed by atoms with van der Waals surface area (Å²) in [6.07, 6.45) is -2.41. The zero-order chi connectivity index (χ0) is 14.3. The molecule has 7 heteroatoms. The Morgan fingerprint density at radius 2 is 1.80 bits per heavy atom. The fraction of sp³-hybridized carbons (Fsp3) is 0.385. The molecule has 1 heterocycles. The van der Waals surface area contributed by atoms with Gasteiger partial charge in [0.2, 0.25) is 0 Å². The molecule has 1 N–H and O–H groups in total. The van der Waals surface area contributed by atoms with Gasteiger partial charge in [-0.1, -0.05) is 12.1 Å². The van der Waals surface area contributed by atoms with Crippen LogP contribution in [0.5, 0.6) is 0 Å². The number of hydrogen-bond acceptors (Lipinski definition) is 3. The van der Waals surface area contributed by atoms with Gasteiger partial charge in [0.25, 0.3) is 0 Å². The zero-order valence-electron chi connectivity index (χ0n) is 10.4. The van der Waals surface area contributed by atoms with E-state index in [1.54, 1.807) is 0 Å². The quantitative estimate of drug-likeness (QED) is 0.942. The molecule has 0 radical (unpaired) electrons. The molecule has 1 aromatic carbocycles. The van der Waals surface area contributed by atoms with Gasteiger partial charge in [0, 0.05) is 11.6 Å². The van der Waals surface area contributed by atoms with Gasteiger partial charge in [-0.15, -0.1) is 10.2 Å². The van der Waals surface area contributed by atoms with Gasteiger partial charge in [0.1, 0.15) is 6.61 Å². The second kappa shape index (κ2) is 4.59. The van der Waals surface area contributed by atoms with Crippen LogP contribution in [0.3, 0.4) is 0 Å². The Balaban J connectivity index is 1.99. The molecule has 0 atom stereocenters. The van der Waals surface area contributed by atoms with Gasteiger partial charge in [0.05, 0.1) is 5.56 Å². The lowest BCUT2D eigenvalue weighted by Crippen LogP contribution is -2.05. The van der Waals surface area contributed by atoms with Crippen molar-refractivity contribution in [1.82, 2.24) is 14.8 Å². The number of aliphatic hydroxyl groups excluding tert-OH is 1. The van der Waals surface area contributed by atoms with Gasteiger partial charge in [-0.3, -0.25) is 0 Å². The molecule has 0 saturated heterocycles. The minimum Gasteiger partial charge on any atom is -0.388 e. The van der Waals surface area contributed by atoms with Gasteiger partial charge >= 0.3 is 6.18 Å². The predicted octanol–water partition coefficient (Wildman–Crippen LogP) is 2.79. The summed E-state index contributed by atoms with van der Waals surface area (Å²) in [5.41, 5.74) is -0.127. The van der Waals surface area contributed by atoms with Gasteiger partial charge in [-0.25, -0.2) is 0 Å². The maximum Gasteiger partial charge on any atom is 0.416 e. The predicted molar refractivity (Wildman–Crippen MR) is 64.7 cm³/mol. The van der Waals surface area contributed by atoms with Crippen LogP contribution in [0.4, 0.5) is 13.2 Å². The fourth-order valence-electron chi connectivity index (χ4n) is 2.15. The molecule has 4 nitrogen and oxygen atoms in total. The highest BCUT2D eigenvalue weighted by Crippen LogP contribution is 2.39. The number of halogens is 3. The summed E-state index contributed by atoms with van der Waals surface area (Å²) >= 11 is 0. The third-order valence-corrected chi connectivity index (χ3v) is 3.29. The Bertz CT molecular complexity index is 615. The fourth-order valence-corrected chi connectivity index (χ4v) is 2.15. The van der Waals surface area contributed by atoms with E-state index in [0.717, 1.165) is 25.0 Å². The maximum atomic E-state index is 12.5. The molecule has 1 fully saturated rings. The SMILES string of the molecule is OCc1nnc(-c2ccc(C(F)(F)F)cc2)n1C1CC1. The standard InChI is InChI=1S/C13H12F3N3O/c14-13(15,16)9-3-1-8(2-4-9)12-18-17-11(7-20)19(12)10-5-6-10/h1-4,10,20H,5-7H2. The first-order chi connectivity index (χ1) is 9.50. The third kappa shape index (κ3) is 2.29. The first kappa shape index (κ1) is 13.1. The molecule has 1 aliphatic rings. The van der Waals surface area contributed by atoms with Crippen molar-refractivity contribution in [3.05, 3.63) is 35.7 Å². The van der Waals surface area contributed by atoms with E-state index in [-0.39, 0.29) is 12.6 Å². The lowest BCUT2D eigenvalue weighted by molar-refractivity contribution is -0.137. The van der Waals surface area contributed by atoms with E-state index in [0.29, 0.717) is 17.2 Å². The molecule has 106 valence electrons. The van der Waals surface area contributed by atoms with Crippen LogP contribution in [0, 0.1) is 0 Å². The molecule has 0 amide bonds. The smallest absolute Gasteiger partial charge is 0.388 e. The molecule has 0 spiro atoms. The lowest BCUT2D eigenvalue weighted by atomic mass is 10.1. The second-order valence-corrected chi connectivity index (χ2v) is 4.77. The van der Waals surface area contributed by atoms with Crippen LogP contribution in [-0.4, -0.2) is 19.9 Å². The lowest BCUT2D eigenvalue weighted by Gasteiger charge is -2.09. The van der Waals surface area contributed by atoms with Crippen LogP contribution < -0.4 is 0 Å². The van der Waals surface area contributed by atoms with Crippen LogP contribution in [0.15, 0.2) is 24.3 Å². The van der Waals surface area contributed by atoms with Crippen LogP contribution in [0.2, 0.25) is 0 Å². The normalized spacial score (nSPS) is 15.6. The van der Waals surface area contributed by atoms with E-state index < -0.39 is 11.7 Å². The Labute approximate surface area is 112 Å². The first-order valence-corrected chi connectivity index (χ1v) is 6.23. The zero-order valence-corrected chi connectivity index (χ0v) is 10.4. The maximum absolute atomic E-state index is 12.5. The monoisotopic (exact) mass is 283 g/mol. The molecule has 3 rings (SSSR count). The molecule has 1 aromatic heterocycles. The number of rotatable bonds is 3. The van der Waals surface area contributed by atoms with Crippen molar-refractivity contribution in [2.24, 2.45) is 0 Å². The summed E-state index contributed by atoms with van der Waals surface area (Å²) in [5.74, 6) is 0.952. The number of alkyl halides is 3. The van der Waals surface area contributed by atoms with Gasteiger partial charge in [-0.05, 0) is 25.0 Å². The molecule has 1 saturated carbocycles. The molecule has 0 unspecified atom stereocenters. The topological polar surface area (TPSA) is 50.9 Å². The van der Waals surface area contributed by atoms with E-state index in [1.165, 1.54) is 12.1 Å². The molecular weight excluding hydrogens is 271 g/mol. The van der Waals surface area contributed by atoms with Gasteiger partial charge in [0.15, 0.2) is 11.6 Å². The summed E-state index contributed by atoms with van der Waals surface area (Å²) in [6, 6.07) is 5.06. The minimum absolute atomic E-state index is 0.232. The van der Waals surface area contributed by atoms with E-state index in [1.807, 2.05) is 4.57 Å². The van der Waals surface area contributed by atoms with Crippen LogP contribution >= 0.6 is 0 Å². The number of nitrogens with zero attached hydrogens (tertiary/aromatic N) is 3.